The third kappa shape index (κ3) is 7.38. The number of aryl methyl sites for hydroxylation is 1. The number of unbranched alkanes of at least 4 members (excludes halogenated alkanes) is 8. The third-order valence-electron chi connectivity index (χ3n) is 4.81. The van der Waals surface area contributed by atoms with Gasteiger partial charge in [-0.05, 0) is 41.7 Å². The molecule has 2 nitrogen and oxygen atoms in total. The number of hydrogen-bond acceptors (Lipinski definition) is 3. The van der Waals surface area contributed by atoms with Gasteiger partial charge in [0.2, 0.25) is 34.8 Å². The van der Waals surface area contributed by atoms with Gasteiger partial charge in [0.05, 0.1) is 0 Å². The normalized spacial score (nSPS) is 11.1. The van der Waals surface area contributed by atoms with Crippen LogP contribution >= 0.6 is 11.3 Å². The Morgan fingerprint density at radius 3 is 1.77 bits per heavy atom. The van der Waals surface area contributed by atoms with Crippen molar-refractivity contribution in [2.75, 3.05) is 0 Å². The average Bonchev–Trinajstić information content (AvgIpc) is 3.25. The molecule has 0 radical (unpaired) electrons. The summed E-state index contributed by atoms with van der Waals surface area (Å²) in [4.78, 5) is 11.7. The van der Waals surface area contributed by atoms with Crippen molar-refractivity contribution < 1.29 is 31.5 Å². The molecule has 2 aromatic rings. The van der Waals surface area contributed by atoms with Gasteiger partial charge in [-0.2, -0.15) is 20.1 Å². The summed E-state index contributed by atoms with van der Waals surface area (Å²) in [7, 11) is 0. The van der Waals surface area contributed by atoms with Gasteiger partial charge in [0.1, 0.15) is 0 Å². The molecule has 1 aromatic heterocycles. The summed E-state index contributed by atoms with van der Waals surface area (Å²) in [5.74, 6) is -13.4. The molecule has 8 heteroatoms. The third-order valence-corrected chi connectivity index (χ3v) is 5.54. The van der Waals surface area contributed by atoms with Crippen LogP contribution in [0.5, 0.6) is 5.75 Å². The minimum Gasteiger partial charge on any atom is -0.420 e. The Morgan fingerprint density at radius 2 is 1.23 bits per heavy atom. The minimum absolute atomic E-state index is 0.151. The first-order valence-corrected chi connectivity index (χ1v) is 11.1. The van der Waals surface area contributed by atoms with Crippen LogP contribution in [0.25, 0.3) is 0 Å². The molecule has 0 atom stereocenters. The summed E-state index contributed by atoms with van der Waals surface area (Å²) in [6, 6.07) is 2.16. The first kappa shape index (κ1) is 24.3. The average molecular weight is 448 g/mol. The first-order chi connectivity index (χ1) is 14.4. The number of thiophene rings is 1. The van der Waals surface area contributed by atoms with E-state index in [0.717, 1.165) is 38.5 Å². The van der Waals surface area contributed by atoms with E-state index in [0.29, 0.717) is 6.42 Å². The predicted octanol–water partition coefficient (Wildman–Crippen LogP) is 7.49. The molecule has 30 heavy (non-hydrogen) atoms. The summed E-state index contributed by atoms with van der Waals surface area (Å²) >= 11 is 1.72. The Hall–Kier alpha value is -1.96. The minimum atomic E-state index is -2.28. The molecular weight excluding hydrogens is 423 g/mol. The van der Waals surface area contributed by atoms with Crippen LogP contribution in [0.1, 0.15) is 69.8 Å². The van der Waals surface area contributed by atoms with Crippen molar-refractivity contribution in [1.29, 1.82) is 0 Å². The monoisotopic (exact) mass is 448 g/mol. The number of halogens is 5. The van der Waals surface area contributed by atoms with E-state index in [1.54, 1.807) is 11.3 Å². The fraction of sp³-hybridized carbons (Fsp3) is 0.500. The van der Waals surface area contributed by atoms with Gasteiger partial charge in [-0.25, -0.2) is 13.2 Å². The number of esters is 1. The summed E-state index contributed by atoms with van der Waals surface area (Å²) < 4.78 is 70.5. The van der Waals surface area contributed by atoms with E-state index < -0.39 is 40.8 Å². The van der Waals surface area contributed by atoms with Crippen molar-refractivity contribution in [1.82, 2.24) is 0 Å². The van der Waals surface area contributed by atoms with E-state index in [9.17, 15) is 26.7 Å². The number of ether oxygens (including phenoxy) is 1. The maximum atomic E-state index is 13.5. The van der Waals surface area contributed by atoms with Crippen molar-refractivity contribution in [3.8, 4) is 5.75 Å². The summed E-state index contributed by atoms with van der Waals surface area (Å²) in [6.07, 6.45) is 9.92. The second-order valence-electron chi connectivity index (χ2n) is 7.19. The molecule has 0 bridgehead atoms. The Kier molecular flexibility index (Phi) is 10.3. The molecular formula is C22H25F5O2S. The van der Waals surface area contributed by atoms with Crippen LogP contribution in [0.3, 0.4) is 0 Å². The van der Waals surface area contributed by atoms with Crippen LogP contribution < -0.4 is 4.74 Å². The molecule has 166 valence electrons. The second-order valence-corrected chi connectivity index (χ2v) is 7.97. The summed E-state index contributed by atoms with van der Waals surface area (Å²) in [6.45, 7) is 0. The highest BCUT2D eigenvalue weighted by atomic mass is 32.1. The Balaban J connectivity index is 1.52. The number of hydrogen-bond donors (Lipinski definition) is 0. The van der Waals surface area contributed by atoms with Crippen LogP contribution in [0.2, 0.25) is 0 Å². The fourth-order valence-corrected chi connectivity index (χ4v) is 3.81. The van der Waals surface area contributed by atoms with Crippen LogP contribution in [0, 0.1) is 29.1 Å². The summed E-state index contributed by atoms with van der Waals surface area (Å²) in [5, 5.41) is 4.27. The summed E-state index contributed by atoms with van der Waals surface area (Å²) in [5.41, 5.74) is 1.40. The van der Waals surface area contributed by atoms with E-state index in [4.69, 9.17) is 0 Å². The van der Waals surface area contributed by atoms with E-state index in [2.05, 4.69) is 21.6 Å². The van der Waals surface area contributed by atoms with Gasteiger partial charge in [-0.15, -0.1) is 0 Å². The first-order valence-electron chi connectivity index (χ1n) is 10.1. The SMILES string of the molecule is O=C(CCCCCCCCCCCc1ccsc1)Oc1c(F)c(F)c(F)c(F)c1F. The molecule has 2 rings (SSSR count). The lowest BCUT2D eigenvalue weighted by atomic mass is 10.0. The standard InChI is InChI=1S/C22H25F5O2S/c23-17-18(24)20(26)22(21(27)19(17)25)29-16(28)11-9-7-5-3-1-2-4-6-8-10-15-12-13-30-14-15/h12-14H,1-11H2. The molecule has 0 spiro atoms. The van der Waals surface area contributed by atoms with E-state index >= 15 is 0 Å². The van der Waals surface area contributed by atoms with Crippen molar-refractivity contribution in [2.45, 2.75) is 70.6 Å². The number of benzene rings is 1. The van der Waals surface area contributed by atoms with Gasteiger partial charge in [-0.3, -0.25) is 4.79 Å². The van der Waals surface area contributed by atoms with Crippen LogP contribution in [-0.4, -0.2) is 5.97 Å². The van der Waals surface area contributed by atoms with Gasteiger partial charge in [0.25, 0.3) is 0 Å². The van der Waals surface area contributed by atoms with Gasteiger partial charge in [-0.1, -0.05) is 44.9 Å². The smallest absolute Gasteiger partial charge is 0.311 e. The zero-order valence-corrected chi connectivity index (χ0v) is 17.4. The van der Waals surface area contributed by atoms with Crippen LogP contribution in [-0.2, 0) is 11.2 Å². The van der Waals surface area contributed by atoms with E-state index in [1.807, 2.05) is 0 Å². The maximum absolute atomic E-state index is 13.5. The molecule has 1 aromatic carbocycles. The molecule has 0 saturated heterocycles. The molecule has 0 unspecified atom stereocenters. The van der Waals surface area contributed by atoms with Crippen molar-refractivity contribution in [3.63, 3.8) is 0 Å². The van der Waals surface area contributed by atoms with Gasteiger partial charge in [0.15, 0.2) is 0 Å². The van der Waals surface area contributed by atoms with Gasteiger partial charge < -0.3 is 4.74 Å². The predicted molar refractivity (Wildman–Crippen MR) is 106 cm³/mol. The van der Waals surface area contributed by atoms with Crippen molar-refractivity contribution >= 4 is 17.3 Å². The van der Waals surface area contributed by atoms with E-state index in [-0.39, 0.29) is 6.42 Å². The zero-order chi connectivity index (χ0) is 21.9. The quantitative estimate of drug-likeness (QED) is 0.0792. The number of rotatable bonds is 13. The highest BCUT2D eigenvalue weighted by Crippen LogP contribution is 2.29. The number of carbonyl (C=O) groups excluding carboxylic acids is 1. The largest absolute Gasteiger partial charge is 0.420 e. The lowest BCUT2D eigenvalue weighted by molar-refractivity contribution is -0.135. The molecule has 0 fully saturated rings. The molecule has 0 aliphatic carbocycles. The Bertz CT molecular complexity index is 779. The van der Waals surface area contributed by atoms with Gasteiger partial charge in [0, 0.05) is 6.42 Å². The Labute approximate surface area is 177 Å². The highest BCUT2D eigenvalue weighted by Gasteiger charge is 2.28. The molecule has 0 aliphatic heterocycles. The molecule has 1 heterocycles. The second kappa shape index (κ2) is 12.7. The molecule has 0 saturated carbocycles. The van der Waals surface area contributed by atoms with Crippen molar-refractivity contribution in [3.05, 3.63) is 51.5 Å². The molecule has 0 N–H and O–H groups in total. The highest BCUT2D eigenvalue weighted by molar-refractivity contribution is 7.07. The fourth-order valence-electron chi connectivity index (χ4n) is 3.11. The lowest BCUT2D eigenvalue weighted by Gasteiger charge is -2.08. The lowest BCUT2D eigenvalue weighted by Crippen LogP contribution is -2.13. The topological polar surface area (TPSA) is 26.3 Å². The van der Waals surface area contributed by atoms with E-state index in [1.165, 1.54) is 24.8 Å². The van der Waals surface area contributed by atoms with Gasteiger partial charge >= 0.3 is 5.97 Å². The van der Waals surface area contributed by atoms with Crippen LogP contribution in [0.4, 0.5) is 22.0 Å². The molecule has 0 amide bonds. The zero-order valence-electron chi connectivity index (χ0n) is 16.6. The Morgan fingerprint density at radius 1 is 0.733 bits per heavy atom. The van der Waals surface area contributed by atoms with Crippen molar-refractivity contribution in [2.24, 2.45) is 0 Å². The maximum Gasteiger partial charge on any atom is 0.311 e. The number of carbonyl (C=O) groups is 1. The molecule has 0 aliphatic rings. The van der Waals surface area contributed by atoms with Crippen LogP contribution in [0.15, 0.2) is 16.8 Å².